The molecule has 3 N–H and O–H groups in total. The average molecular weight is 499 g/mol. The van der Waals surface area contributed by atoms with Crippen LogP contribution in [0.4, 0.5) is 0 Å². The highest BCUT2D eigenvalue weighted by Crippen LogP contribution is 2.51. The number of hydrogen-bond donors (Lipinski definition) is 3. The van der Waals surface area contributed by atoms with Crippen molar-refractivity contribution in [2.24, 2.45) is 5.92 Å². The first-order valence-corrected chi connectivity index (χ1v) is 12.6. The number of benzene rings is 3. The van der Waals surface area contributed by atoms with Crippen LogP contribution in [-0.4, -0.2) is 33.7 Å². The van der Waals surface area contributed by atoms with Crippen LogP contribution in [-0.2, 0) is 10.0 Å². The van der Waals surface area contributed by atoms with Crippen LogP contribution >= 0.6 is 0 Å². The summed E-state index contributed by atoms with van der Waals surface area (Å²) in [6.07, 6.45) is -0.765. The zero-order valence-corrected chi connectivity index (χ0v) is 20.3. The minimum absolute atomic E-state index is 0.0105. The molecule has 0 aliphatic carbocycles. The first-order valence-electron chi connectivity index (χ1n) is 11.1. The van der Waals surface area contributed by atoms with Gasteiger partial charge in [-0.1, -0.05) is 36.8 Å². The van der Waals surface area contributed by atoms with Crippen LogP contribution in [0.1, 0.15) is 29.5 Å². The molecule has 3 atom stereocenters. The summed E-state index contributed by atoms with van der Waals surface area (Å²) in [5.41, 5.74) is 5.19. The molecule has 0 saturated heterocycles. The van der Waals surface area contributed by atoms with E-state index in [9.17, 15) is 13.5 Å². The van der Waals surface area contributed by atoms with Crippen molar-refractivity contribution in [3.8, 4) is 28.7 Å². The second-order valence-corrected chi connectivity index (χ2v) is 10.3. The second-order valence-electron chi connectivity index (χ2n) is 8.58. The molecule has 0 amide bonds. The van der Waals surface area contributed by atoms with Gasteiger partial charge < -0.3 is 24.1 Å². The number of rotatable bonds is 6. The van der Waals surface area contributed by atoms with Crippen LogP contribution in [0.2, 0.25) is 0 Å². The molecule has 2 aliphatic rings. The Morgan fingerprint density at radius 2 is 1.71 bits per heavy atom. The Kier molecular flexibility index (Phi) is 5.96. The number of methoxy groups -OCH3 is 1. The van der Waals surface area contributed by atoms with Crippen LogP contribution in [0.15, 0.2) is 59.5 Å². The summed E-state index contributed by atoms with van der Waals surface area (Å²) in [7, 11) is -2.35. The third-order valence-electron chi connectivity index (χ3n) is 6.35. The standard InChI is InChI=1S/C25H26N2O7S/c1-14-7-9-16(10-8-14)35(29,30)27-26-25-15(2)23(17-5-4-6-19(31-3)24(17)28)18-11-21-22(33-13-32-21)12-20(18)34-25/h4-12,15,23,25-28H,13H2,1-3H3/t15-,23+,25+/m0/s1. The normalized spacial score (nSPS) is 20.7. The third-order valence-corrected chi connectivity index (χ3v) is 7.63. The SMILES string of the molecule is COc1cccc([C@@H]2c3cc4c(cc3O[C@@H](NNS(=O)(=O)c3ccc(C)cc3)[C@H]2C)OCO4)c1O. The fourth-order valence-corrected chi connectivity index (χ4v) is 5.35. The van der Waals surface area contributed by atoms with Crippen LogP contribution < -0.4 is 29.2 Å². The number of fused-ring (bicyclic) bond motifs is 2. The monoisotopic (exact) mass is 498 g/mol. The molecule has 2 heterocycles. The van der Waals surface area contributed by atoms with Gasteiger partial charge in [0.15, 0.2) is 29.2 Å². The van der Waals surface area contributed by atoms with Gasteiger partial charge in [-0.25, -0.2) is 13.8 Å². The van der Waals surface area contributed by atoms with E-state index in [1.807, 2.05) is 26.0 Å². The molecule has 0 bridgehead atoms. The van der Waals surface area contributed by atoms with Crippen molar-refractivity contribution in [1.29, 1.82) is 0 Å². The molecule has 0 unspecified atom stereocenters. The van der Waals surface area contributed by atoms with Gasteiger partial charge in [0, 0.05) is 29.0 Å². The molecule has 184 valence electrons. The highest BCUT2D eigenvalue weighted by atomic mass is 32.2. The molecule has 0 fully saturated rings. The summed E-state index contributed by atoms with van der Waals surface area (Å²) < 4.78 is 48.3. The Morgan fingerprint density at radius 1 is 1.00 bits per heavy atom. The molecule has 0 spiro atoms. The van der Waals surface area contributed by atoms with Crippen molar-refractivity contribution < 1.29 is 32.5 Å². The summed E-state index contributed by atoms with van der Waals surface area (Å²) in [4.78, 5) is 2.57. The van der Waals surface area contributed by atoms with E-state index in [1.165, 1.54) is 19.2 Å². The molecule has 0 radical (unpaired) electrons. The zero-order chi connectivity index (χ0) is 24.7. The van der Waals surface area contributed by atoms with E-state index in [2.05, 4.69) is 10.3 Å². The fraction of sp³-hybridized carbons (Fsp3) is 0.280. The molecule has 5 rings (SSSR count). The van der Waals surface area contributed by atoms with Gasteiger partial charge in [0.1, 0.15) is 5.75 Å². The molecule has 35 heavy (non-hydrogen) atoms. The van der Waals surface area contributed by atoms with Crippen molar-refractivity contribution >= 4 is 10.0 Å². The number of phenolic OH excluding ortho intramolecular Hbond substituents is 1. The average Bonchev–Trinajstić information content (AvgIpc) is 3.30. The van der Waals surface area contributed by atoms with E-state index in [4.69, 9.17) is 18.9 Å². The van der Waals surface area contributed by atoms with Gasteiger partial charge in [0.05, 0.1) is 12.0 Å². The van der Waals surface area contributed by atoms with Crippen LogP contribution in [0.5, 0.6) is 28.7 Å². The summed E-state index contributed by atoms with van der Waals surface area (Å²) in [5.74, 6) is 1.27. The highest BCUT2D eigenvalue weighted by Gasteiger charge is 2.40. The molecule has 3 aromatic rings. The zero-order valence-electron chi connectivity index (χ0n) is 19.4. The van der Waals surface area contributed by atoms with E-state index < -0.39 is 16.3 Å². The van der Waals surface area contributed by atoms with E-state index in [-0.39, 0.29) is 29.3 Å². The number of para-hydroxylation sites is 1. The molecular formula is C25H26N2O7S. The van der Waals surface area contributed by atoms with Gasteiger partial charge in [-0.2, -0.15) is 0 Å². The number of aromatic hydroxyl groups is 1. The molecule has 0 saturated carbocycles. The van der Waals surface area contributed by atoms with Crippen molar-refractivity contribution in [1.82, 2.24) is 10.3 Å². The van der Waals surface area contributed by atoms with E-state index in [0.29, 0.717) is 28.6 Å². The van der Waals surface area contributed by atoms with Gasteiger partial charge >= 0.3 is 0 Å². The predicted octanol–water partition coefficient (Wildman–Crippen LogP) is 3.41. The van der Waals surface area contributed by atoms with Crippen molar-refractivity contribution in [2.45, 2.75) is 30.9 Å². The predicted molar refractivity (Wildman–Crippen MR) is 127 cm³/mol. The largest absolute Gasteiger partial charge is 0.504 e. The number of sulfonamides is 1. The number of hydrazine groups is 1. The molecule has 3 aromatic carbocycles. The lowest BCUT2D eigenvalue weighted by molar-refractivity contribution is 0.0732. The van der Waals surface area contributed by atoms with Crippen LogP contribution in [0.3, 0.4) is 0 Å². The summed E-state index contributed by atoms with van der Waals surface area (Å²) in [5, 5.41) is 10.9. The number of nitrogens with one attached hydrogen (secondary N) is 2. The molecule has 9 nitrogen and oxygen atoms in total. The maximum Gasteiger partial charge on any atom is 0.253 e. The van der Waals surface area contributed by atoms with Crippen molar-refractivity contribution in [2.75, 3.05) is 13.9 Å². The minimum atomic E-state index is -3.84. The van der Waals surface area contributed by atoms with Crippen molar-refractivity contribution in [3.63, 3.8) is 0 Å². The Labute approximate surface area is 203 Å². The first-order chi connectivity index (χ1) is 16.8. The Balaban J connectivity index is 1.51. The molecule has 10 heteroatoms. The summed E-state index contributed by atoms with van der Waals surface area (Å²) >= 11 is 0. The molecule has 0 aromatic heterocycles. The maximum absolute atomic E-state index is 12.9. The number of hydrogen-bond acceptors (Lipinski definition) is 8. The van der Waals surface area contributed by atoms with Gasteiger partial charge in [0.25, 0.3) is 10.0 Å². The highest BCUT2D eigenvalue weighted by molar-refractivity contribution is 7.89. The second kappa shape index (κ2) is 8.95. The number of phenols is 1. The van der Waals surface area contributed by atoms with E-state index in [1.54, 1.807) is 30.3 Å². The first kappa shape index (κ1) is 23.3. The van der Waals surface area contributed by atoms with Crippen molar-refractivity contribution in [3.05, 3.63) is 71.3 Å². The lowest BCUT2D eigenvalue weighted by Crippen LogP contribution is -2.52. The van der Waals surface area contributed by atoms with Crippen LogP contribution in [0.25, 0.3) is 0 Å². The minimum Gasteiger partial charge on any atom is -0.504 e. The van der Waals surface area contributed by atoms with Gasteiger partial charge in [-0.15, -0.1) is 4.83 Å². The Morgan fingerprint density at radius 3 is 2.43 bits per heavy atom. The number of aryl methyl sites for hydroxylation is 1. The quantitative estimate of drug-likeness (QED) is 0.443. The van der Waals surface area contributed by atoms with Gasteiger partial charge in [-0.05, 0) is 31.2 Å². The molecular weight excluding hydrogens is 472 g/mol. The van der Waals surface area contributed by atoms with Gasteiger partial charge in [-0.3, -0.25) is 0 Å². The summed E-state index contributed by atoms with van der Waals surface area (Å²) in [6.45, 7) is 3.90. The lowest BCUT2D eigenvalue weighted by Gasteiger charge is -2.38. The van der Waals surface area contributed by atoms with Gasteiger partial charge in [0.2, 0.25) is 6.79 Å². The smallest absolute Gasteiger partial charge is 0.253 e. The number of ether oxygens (including phenoxy) is 4. The topological polar surface area (TPSA) is 115 Å². The fourth-order valence-electron chi connectivity index (χ4n) is 4.46. The Bertz CT molecular complexity index is 1360. The third kappa shape index (κ3) is 4.24. The van der Waals surface area contributed by atoms with E-state index >= 15 is 0 Å². The molecule has 2 aliphatic heterocycles. The Hall–Kier alpha value is -3.47. The van der Waals surface area contributed by atoms with Crippen LogP contribution in [0, 0.1) is 12.8 Å². The van der Waals surface area contributed by atoms with E-state index in [0.717, 1.165) is 11.1 Å². The lowest BCUT2D eigenvalue weighted by atomic mass is 9.78. The maximum atomic E-state index is 12.9. The summed E-state index contributed by atoms with van der Waals surface area (Å²) in [6, 6.07) is 15.4.